The third-order valence-corrected chi connectivity index (χ3v) is 2.67. The van der Waals surface area contributed by atoms with Gasteiger partial charge < -0.3 is 10.6 Å². The molecule has 2 N–H and O–H groups in total. The van der Waals surface area contributed by atoms with Crippen LogP contribution in [0.5, 0.6) is 0 Å². The summed E-state index contributed by atoms with van der Waals surface area (Å²) in [5.74, 6) is -0.181. The molecule has 0 fully saturated rings. The standard InChI is InChI=1S/C13H18N2O2/c1-3-10-5-4-6-11(7-10)8-12(15-9-16)13(17)14-2/h4-7,9,12H,3,8H2,1-2H3,(H,14,17)(H,15,16). The summed E-state index contributed by atoms with van der Waals surface area (Å²) in [7, 11) is 1.56. The number of aryl methyl sites for hydroxylation is 1. The van der Waals surface area contributed by atoms with Gasteiger partial charge in [0.25, 0.3) is 0 Å². The highest BCUT2D eigenvalue weighted by Gasteiger charge is 2.16. The van der Waals surface area contributed by atoms with Crippen molar-refractivity contribution < 1.29 is 9.59 Å². The van der Waals surface area contributed by atoms with E-state index in [-0.39, 0.29) is 5.91 Å². The van der Waals surface area contributed by atoms with Crippen molar-refractivity contribution in [3.63, 3.8) is 0 Å². The van der Waals surface area contributed by atoms with Gasteiger partial charge >= 0.3 is 0 Å². The lowest BCUT2D eigenvalue weighted by atomic mass is 10.0. The number of carbonyl (C=O) groups is 2. The summed E-state index contributed by atoms with van der Waals surface area (Å²) >= 11 is 0. The van der Waals surface area contributed by atoms with Crippen molar-refractivity contribution in [2.24, 2.45) is 0 Å². The lowest BCUT2D eigenvalue weighted by molar-refractivity contribution is -0.124. The van der Waals surface area contributed by atoms with Crippen molar-refractivity contribution in [2.45, 2.75) is 25.8 Å². The molecule has 0 bridgehead atoms. The first kappa shape index (κ1) is 13.2. The van der Waals surface area contributed by atoms with Crippen molar-refractivity contribution in [1.82, 2.24) is 10.6 Å². The zero-order valence-electron chi connectivity index (χ0n) is 10.2. The highest BCUT2D eigenvalue weighted by atomic mass is 16.2. The third kappa shape index (κ3) is 3.90. The van der Waals surface area contributed by atoms with Crippen LogP contribution < -0.4 is 10.6 Å². The van der Waals surface area contributed by atoms with E-state index in [9.17, 15) is 9.59 Å². The first-order valence-corrected chi connectivity index (χ1v) is 5.70. The zero-order valence-corrected chi connectivity index (χ0v) is 10.2. The van der Waals surface area contributed by atoms with Gasteiger partial charge in [-0.25, -0.2) is 0 Å². The summed E-state index contributed by atoms with van der Waals surface area (Å²) in [5, 5.41) is 5.07. The van der Waals surface area contributed by atoms with Crippen molar-refractivity contribution in [3.8, 4) is 0 Å². The molecule has 1 unspecified atom stereocenters. The summed E-state index contributed by atoms with van der Waals surface area (Å²) in [6.45, 7) is 2.08. The normalized spacial score (nSPS) is 11.6. The van der Waals surface area contributed by atoms with Crippen LogP contribution in [0, 0.1) is 0 Å². The van der Waals surface area contributed by atoms with Crippen LogP contribution in [0.25, 0.3) is 0 Å². The van der Waals surface area contributed by atoms with Gasteiger partial charge in [0, 0.05) is 13.5 Å². The van der Waals surface area contributed by atoms with Crippen LogP contribution in [-0.2, 0) is 22.4 Å². The summed E-state index contributed by atoms with van der Waals surface area (Å²) in [6.07, 6.45) is 2.02. The number of rotatable bonds is 6. The molecule has 1 aromatic carbocycles. The molecule has 0 heterocycles. The monoisotopic (exact) mass is 234 g/mol. The van der Waals surface area contributed by atoms with Crippen molar-refractivity contribution in [3.05, 3.63) is 35.4 Å². The zero-order chi connectivity index (χ0) is 12.7. The Balaban J connectivity index is 2.77. The number of likely N-dealkylation sites (N-methyl/N-ethyl adjacent to an activating group) is 1. The summed E-state index contributed by atoms with van der Waals surface area (Å²) in [5.41, 5.74) is 2.27. The van der Waals surface area contributed by atoms with E-state index in [0.717, 1.165) is 12.0 Å². The Bertz CT molecular complexity index is 391. The average molecular weight is 234 g/mol. The molecule has 4 nitrogen and oxygen atoms in total. The Kier molecular flexibility index (Phi) is 5.20. The average Bonchev–Trinajstić information content (AvgIpc) is 2.37. The molecule has 1 aromatic rings. The van der Waals surface area contributed by atoms with E-state index in [2.05, 4.69) is 23.6 Å². The number of carbonyl (C=O) groups excluding carboxylic acids is 2. The quantitative estimate of drug-likeness (QED) is 0.710. The Morgan fingerprint density at radius 3 is 2.71 bits per heavy atom. The number of hydrogen-bond acceptors (Lipinski definition) is 2. The summed E-state index contributed by atoms with van der Waals surface area (Å²) in [6, 6.07) is 7.52. The van der Waals surface area contributed by atoms with E-state index < -0.39 is 6.04 Å². The highest BCUT2D eigenvalue weighted by Crippen LogP contribution is 2.08. The molecular weight excluding hydrogens is 216 g/mol. The molecule has 0 spiro atoms. The fourth-order valence-corrected chi connectivity index (χ4v) is 1.70. The van der Waals surface area contributed by atoms with Crippen LogP contribution >= 0.6 is 0 Å². The van der Waals surface area contributed by atoms with E-state index in [1.54, 1.807) is 7.05 Å². The second kappa shape index (κ2) is 6.68. The molecular formula is C13H18N2O2. The molecule has 0 aromatic heterocycles. The maximum absolute atomic E-state index is 11.5. The van der Waals surface area contributed by atoms with Gasteiger partial charge in [-0.05, 0) is 17.5 Å². The molecule has 0 aliphatic heterocycles. The molecule has 92 valence electrons. The molecule has 0 radical (unpaired) electrons. The predicted octanol–water partition coefficient (Wildman–Crippen LogP) is 0.652. The molecule has 0 saturated carbocycles. The highest BCUT2D eigenvalue weighted by molar-refractivity contribution is 5.83. The van der Waals surface area contributed by atoms with Crippen LogP contribution in [0.2, 0.25) is 0 Å². The predicted molar refractivity (Wildman–Crippen MR) is 66.6 cm³/mol. The fourth-order valence-electron chi connectivity index (χ4n) is 1.70. The van der Waals surface area contributed by atoms with Crippen LogP contribution in [-0.4, -0.2) is 25.4 Å². The maximum atomic E-state index is 11.5. The van der Waals surface area contributed by atoms with Crippen molar-refractivity contribution >= 4 is 12.3 Å². The van der Waals surface area contributed by atoms with Crippen LogP contribution in [0.15, 0.2) is 24.3 Å². The largest absolute Gasteiger partial charge is 0.357 e. The van der Waals surface area contributed by atoms with E-state index in [1.807, 2.05) is 18.2 Å². The molecule has 0 saturated heterocycles. The minimum Gasteiger partial charge on any atom is -0.357 e. The Morgan fingerprint density at radius 2 is 2.12 bits per heavy atom. The van der Waals surface area contributed by atoms with E-state index >= 15 is 0 Å². The first-order valence-electron chi connectivity index (χ1n) is 5.70. The number of amides is 2. The van der Waals surface area contributed by atoms with Gasteiger partial charge in [0.05, 0.1) is 0 Å². The van der Waals surface area contributed by atoms with E-state index in [4.69, 9.17) is 0 Å². The molecule has 2 amide bonds. The molecule has 4 heteroatoms. The first-order chi connectivity index (χ1) is 8.21. The Labute approximate surface area is 101 Å². The Morgan fingerprint density at radius 1 is 1.41 bits per heavy atom. The third-order valence-electron chi connectivity index (χ3n) is 2.67. The minimum atomic E-state index is -0.510. The molecule has 0 aliphatic rings. The topological polar surface area (TPSA) is 58.2 Å². The van der Waals surface area contributed by atoms with Crippen LogP contribution in [0.4, 0.5) is 0 Å². The SMILES string of the molecule is CCc1cccc(CC(NC=O)C(=O)NC)c1. The molecule has 0 aliphatic carbocycles. The Hall–Kier alpha value is -1.84. The van der Waals surface area contributed by atoms with Gasteiger partial charge in [0.1, 0.15) is 6.04 Å². The molecule has 1 atom stereocenters. The maximum Gasteiger partial charge on any atom is 0.242 e. The van der Waals surface area contributed by atoms with Gasteiger partial charge in [-0.1, -0.05) is 31.2 Å². The van der Waals surface area contributed by atoms with Crippen LogP contribution in [0.1, 0.15) is 18.1 Å². The van der Waals surface area contributed by atoms with Gasteiger partial charge in [-0.2, -0.15) is 0 Å². The summed E-state index contributed by atoms with van der Waals surface area (Å²) < 4.78 is 0. The van der Waals surface area contributed by atoms with Crippen LogP contribution in [0.3, 0.4) is 0 Å². The van der Waals surface area contributed by atoms with Gasteiger partial charge in [0.15, 0.2) is 0 Å². The molecule has 1 rings (SSSR count). The van der Waals surface area contributed by atoms with Crippen molar-refractivity contribution in [1.29, 1.82) is 0 Å². The smallest absolute Gasteiger partial charge is 0.242 e. The second-order valence-electron chi connectivity index (χ2n) is 3.83. The minimum absolute atomic E-state index is 0.181. The number of hydrogen-bond donors (Lipinski definition) is 2. The summed E-state index contributed by atoms with van der Waals surface area (Å²) in [4.78, 5) is 22.0. The lowest BCUT2D eigenvalue weighted by Gasteiger charge is -2.14. The van der Waals surface area contributed by atoms with Crippen molar-refractivity contribution in [2.75, 3.05) is 7.05 Å². The number of nitrogens with one attached hydrogen (secondary N) is 2. The second-order valence-corrected chi connectivity index (χ2v) is 3.83. The van der Waals surface area contributed by atoms with E-state index in [1.165, 1.54) is 5.56 Å². The fraction of sp³-hybridized carbons (Fsp3) is 0.385. The number of benzene rings is 1. The van der Waals surface area contributed by atoms with Gasteiger partial charge in [-0.3, -0.25) is 9.59 Å². The lowest BCUT2D eigenvalue weighted by Crippen LogP contribution is -2.43. The van der Waals surface area contributed by atoms with Gasteiger partial charge in [0.2, 0.25) is 12.3 Å². The van der Waals surface area contributed by atoms with E-state index in [0.29, 0.717) is 12.8 Å². The molecule has 17 heavy (non-hydrogen) atoms. The van der Waals surface area contributed by atoms with Gasteiger partial charge in [-0.15, -0.1) is 0 Å².